The van der Waals surface area contributed by atoms with E-state index < -0.39 is 10.0 Å². The van der Waals surface area contributed by atoms with E-state index in [4.69, 9.17) is 9.52 Å². The van der Waals surface area contributed by atoms with Gasteiger partial charge in [0.05, 0.1) is 5.69 Å². The summed E-state index contributed by atoms with van der Waals surface area (Å²) in [7, 11) is -3.37. The number of sulfonamides is 1. The highest BCUT2D eigenvalue weighted by atomic mass is 32.2. The molecule has 2 fully saturated rings. The summed E-state index contributed by atoms with van der Waals surface area (Å²) in [6, 6.07) is 1.59. The van der Waals surface area contributed by atoms with E-state index in [1.165, 1.54) is 38.4 Å². The van der Waals surface area contributed by atoms with Crippen molar-refractivity contribution in [3.8, 4) is 0 Å². The van der Waals surface area contributed by atoms with Gasteiger partial charge in [0.25, 0.3) is 0 Å². The summed E-state index contributed by atoms with van der Waals surface area (Å²) < 4.78 is 31.4. The number of aromatic nitrogens is 1. The molecular weight excluding hydrogens is 378 g/mol. The van der Waals surface area contributed by atoms with Crippen LogP contribution >= 0.6 is 0 Å². The van der Waals surface area contributed by atoms with Crippen LogP contribution in [0.15, 0.2) is 21.8 Å². The predicted octanol–water partition coefficient (Wildman–Crippen LogP) is 2.06. The molecule has 0 bridgehead atoms. The van der Waals surface area contributed by atoms with Crippen molar-refractivity contribution >= 4 is 16.0 Å². The molecule has 1 aromatic heterocycles. The van der Waals surface area contributed by atoms with Gasteiger partial charge in [0.15, 0.2) is 5.96 Å². The van der Waals surface area contributed by atoms with Crippen LogP contribution in [0.2, 0.25) is 0 Å². The van der Waals surface area contributed by atoms with Crippen molar-refractivity contribution in [3.05, 3.63) is 18.0 Å². The molecular formula is C19H33N5O3S. The van der Waals surface area contributed by atoms with Gasteiger partial charge in [0, 0.05) is 45.3 Å². The quantitative estimate of drug-likeness (QED) is 0.400. The van der Waals surface area contributed by atoms with Gasteiger partial charge in [-0.05, 0) is 25.7 Å². The van der Waals surface area contributed by atoms with Gasteiger partial charge in [0.1, 0.15) is 12.0 Å². The Balaban J connectivity index is 1.48. The van der Waals surface area contributed by atoms with Crippen LogP contribution in [-0.2, 0) is 15.8 Å². The molecule has 0 spiro atoms. The summed E-state index contributed by atoms with van der Waals surface area (Å²) in [6.45, 7) is 5.93. The van der Waals surface area contributed by atoms with E-state index in [0.29, 0.717) is 31.9 Å². The molecule has 0 aromatic carbocycles. The maximum Gasteiger partial charge on any atom is 0.220 e. The van der Waals surface area contributed by atoms with Crippen LogP contribution in [0.5, 0.6) is 0 Å². The van der Waals surface area contributed by atoms with Crippen molar-refractivity contribution in [2.75, 3.05) is 39.3 Å². The van der Waals surface area contributed by atoms with Crippen molar-refractivity contribution < 1.29 is 12.9 Å². The van der Waals surface area contributed by atoms with Gasteiger partial charge in [0.2, 0.25) is 10.0 Å². The second-order valence-electron chi connectivity index (χ2n) is 7.66. The third-order valence-electron chi connectivity index (χ3n) is 5.59. The number of nitrogens with one attached hydrogen (secondary N) is 1. The normalized spacial score (nSPS) is 20.0. The van der Waals surface area contributed by atoms with E-state index in [9.17, 15) is 8.42 Å². The molecule has 28 heavy (non-hydrogen) atoms. The molecule has 1 aliphatic carbocycles. The fraction of sp³-hybridized carbons (Fsp3) is 0.789. The molecule has 0 amide bonds. The topological polar surface area (TPSA) is 91.0 Å². The number of rotatable bonds is 8. The Morgan fingerprint density at radius 2 is 2.04 bits per heavy atom. The fourth-order valence-corrected chi connectivity index (χ4v) is 5.48. The first kappa shape index (κ1) is 21.1. The van der Waals surface area contributed by atoms with Crippen molar-refractivity contribution in [2.24, 2.45) is 10.9 Å². The summed E-state index contributed by atoms with van der Waals surface area (Å²) in [4.78, 5) is 6.96. The molecule has 0 unspecified atom stereocenters. The molecule has 8 nitrogen and oxygen atoms in total. The largest absolute Gasteiger partial charge is 0.364 e. The molecule has 9 heteroatoms. The Bertz CT molecular complexity index is 706. The summed E-state index contributed by atoms with van der Waals surface area (Å²) in [6.07, 6.45) is 9.35. The van der Waals surface area contributed by atoms with E-state index in [1.54, 1.807) is 10.4 Å². The Labute approximate surface area is 168 Å². The number of guanidine groups is 1. The van der Waals surface area contributed by atoms with Gasteiger partial charge in [-0.15, -0.1) is 0 Å². The van der Waals surface area contributed by atoms with Gasteiger partial charge >= 0.3 is 0 Å². The Kier molecular flexibility index (Phi) is 7.73. The molecule has 1 aliphatic heterocycles. The second-order valence-corrected chi connectivity index (χ2v) is 9.63. The Hall–Kier alpha value is -1.61. The lowest BCUT2D eigenvalue weighted by molar-refractivity contribution is 0.259. The lowest BCUT2D eigenvalue weighted by Gasteiger charge is -2.35. The molecule has 1 N–H and O–H groups in total. The first-order valence-corrected chi connectivity index (χ1v) is 12.1. The lowest BCUT2D eigenvalue weighted by atomic mass is 10.0. The van der Waals surface area contributed by atoms with E-state index in [2.05, 4.69) is 22.3 Å². The maximum atomic E-state index is 12.6. The van der Waals surface area contributed by atoms with Crippen molar-refractivity contribution in [3.63, 3.8) is 0 Å². The summed E-state index contributed by atoms with van der Waals surface area (Å²) in [5.74, 6) is 1.69. The SMILES string of the molecule is CCNC(=NCCCC1CCCC1)N1CCN(S(=O)(=O)Cc2ccon2)CC1. The van der Waals surface area contributed by atoms with Gasteiger partial charge in [-0.2, -0.15) is 4.31 Å². The highest BCUT2D eigenvalue weighted by Gasteiger charge is 2.29. The molecule has 0 radical (unpaired) electrons. The highest BCUT2D eigenvalue weighted by Crippen LogP contribution is 2.28. The van der Waals surface area contributed by atoms with E-state index in [1.807, 2.05) is 0 Å². The fourth-order valence-electron chi connectivity index (χ4n) is 4.06. The standard InChI is InChI=1S/C19H33N5O3S/c1-2-20-19(21-10-5-8-17-6-3-4-7-17)23-11-13-24(14-12-23)28(25,26)16-18-9-15-27-22-18/h9,15,17H,2-8,10-14,16H2,1H3,(H,20,21). The zero-order valence-electron chi connectivity index (χ0n) is 16.8. The molecule has 2 aliphatic rings. The molecule has 158 valence electrons. The monoisotopic (exact) mass is 411 g/mol. The zero-order valence-corrected chi connectivity index (χ0v) is 17.7. The van der Waals surface area contributed by atoms with Gasteiger partial charge in [-0.25, -0.2) is 8.42 Å². The minimum absolute atomic E-state index is 0.112. The van der Waals surface area contributed by atoms with Gasteiger partial charge in [-0.3, -0.25) is 4.99 Å². The van der Waals surface area contributed by atoms with Crippen LogP contribution in [0, 0.1) is 5.92 Å². The van der Waals surface area contributed by atoms with Gasteiger partial charge in [-0.1, -0.05) is 30.8 Å². The smallest absolute Gasteiger partial charge is 0.220 e. The minimum Gasteiger partial charge on any atom is -0.364 e. The molecule has 1 saturated heterocycles. The second kappa shape index (κ2) is 10.2. The minimum atomic E-state index is -3.37. The number of hydrogen-bond donors (Lipinski definition) is 1. The Morgan fingerprint density at radius 3 is 2.68 bits per heavy atom. The average Bonchev–Trinajstić information content (AvgIpc) is 3.38. The van der Waals surface area contributed by atoms with Crippen molar-refractivity contribution in [1.29, 1.82) is 0 Å². The van der Waals surface area contributed by atoms with Crippen molar-refractivity contribution in [2.45, 2.75) is 51.2 Å². The lowest BCUT2D eigenvalue weighted by Crippen LogP contribution is -2.53. The predicted molar refractivity (Wildman–Crippen MR) is 109 cm³/mol. The summed E-state index contributed by atoms with van der Waals surface area (Å²) in [5.41, 5.74) is 0.444. The van der Waals surface area contributed by atoms with Crippen molar-refractivity contribution in [1.82, 2.24) is 19.7 Å². The zero-order chi connectivity index (χ0) is 19.8. The first-order chi connectivity index (χ1) is 13.6. The molecule has 2 heterocycles. The molecule has 1 aromatic rings. The summed E-state index contributed by atoms with van der Waals surface area (Å²) >= 11 is 0. The average molecular weight is 412 g/mol. The number of nitrogens with zero attached hydrogens (tertiary/aromatic N) is 4. The van der Waals surface area contributed by atoms with Crippen LogP contribution in [0.4, 0.5) is 0 Å². The molecule has 1 saturated carbocycles. The molecule has 0 atom stereocenters. The van der Waals surface area contributed by atoms with Crippen LogP contribution in [0.3, 0.4) is 0 Å². The van der Waals surface area contributed by atoms with E-state index in [0.717, 1.165) is 31.4 Å². The van der Waals surface area contributed by atoms with E-state index >= 15 is 0 Å². The third kappa shape index (κ3) is 5.94. The molecule has 3 rings (SSSR count). The third-order valence-corrected chi connectivity index (χ3v) is 7.41. The van der Waals surface area contributed by atoms with Crippen LogP contribution < -0.4 is 5.32 Å². The van der Waals surface area contributed by atoms with Crippen LogP contribution in [-0.4, -0.2) is 68.0 Å². The maximum absolute atomic E-state index is 12.6. The van der Waals surface area contributed by atoms with Crippen LogP contribution in [0.1, 0.15) is 51.1 Å². The van der Waals surface area contributed by atoms with Gasteiger partial charge < -0.3 is 14.7 Å². The number of aliphatic imine (C=N–C) groups is 1. The first-order valence-electron chi connectivity index (χ1n) is 10.5. The summed E-state index contributed by atoms with van der Waals surface area (Å²) in [5, 5.41) is 7.07. The number of hydrogen-bond acceptors (Lipinski definition) is 5. The Morgan fingerprint density at radius 1 is 1.29 bits per heavy atom. The van der Waals surface area contributed by atoms with E-state index in [-0.39, 0.29) is 5.75 Å². The van der Waals surface area contributed by atoms with Crippen LogP contribution in [0.25, 0.3) is 0 Å². The number of piperazine rings is 1. The highest BCUT2D eigenvalue weighted by molar-refractivity contribution is 7.88.